The smallest absolute Gasteiger partial charge is 0.279 e. The number of fused-ring (bicyclic) bond motifs is 1. The van der Waals surface area contributed by atoms with Gasteiger partial charge in [0.25, 0.3) is 5.56 Å². The van der Waals surface area contributed by atoms with E-state index < -0.39 is 0 Å². The van der Waals surface area contributed by atoms with Gasteiger partial charge in [0.05, 0.1) is 40.8 Å². The molecule has 0 saturated carbocycles. The zero-order chi connectivity index (χ0) is 26.2. The third-order valence-corrected chi connectivity index (χ3v) is 6.40. The average molecular weight is 491 g/mol. The van der Waals surface area contributed by atoms with Gasteiger partial charge < -0.3 is 5.11 Å². The van der Waals surface area contributed by atoms with E-state index >= 15 is 0 Å². The number of rotatable bonds is 5. The Morgan fingerprint density at radius 3 is 2.57 bits per heavy atom. The van der Waals surface area contributed by atoms with E-state index in [0.717, 1.165) is 16.6 Å². The molecule has 5 aromatic rings. The summed E-state index contributed by atoms with van der Waals surface area (Å²) in [7, 11) is 0. The van der Waals surface area contributed by atoms with Gasteiger partial charge in [0.1, 0.15) is 6.07 Å². The number of benzene rings is 2. The van der Waals surface area contributed by atoms with Crippen LogP contribution in [0.5, 0.6) is 0 Å². The van der Waals surface area contributed by atoms with E-state index in [0.29, 0.717) is 40.0 Å². The van der Waals surface area contributed by atoms with Crippen LogP contribution in [-0.2, 0) is 18.4 Å². The van der Waals surface area contributed by atoms with Gasteiger partial charge in [-0.2, -0.15) is 20.1 Å². The lowest BCUT2D eigenvalue weighted by molar-refractivity contribution is 0.280. The summed E-state index contributed by atoms with van der Waals surface area (Å²) in [5, 5.41) is 30.4. The molecule has 0 radical (unpaired) electrons. The Hall–Kier alpha value is -4.61. The summed E-state index contributed by atoms with van der Waals surface area (Å²) < 4.78 is 2.87. The van der Waals surface area contributed by atoms with Crippen LogP contribution in [-0.4, -0.2) is 29.7 Å². The van der Waals surface area contributed by atoms with Crippen molar-refractivity contribution in [3.63, 3.8) is 0 Å². The summed E-state index contributed by atoms with van der Waals surface area (Å²) in [4.78, 5) is 17.8. The fraction of sp³-hybridized carbons (Fsp3) is 0.207. The highest BCUT2D eigenvalue weighted by molar-refractivity contribution is 5.82. The number of aliphatic hydroxyl groups is 1. The Morgan fingerprint density at radius 1 is 1.05 bits per heavy atom. The quantitative estimate of drug-likeness (QED) is 0.395. The highest BCUT2D eigenvalue weighted by Gasteiger charge is 2.19. The highest BCUT2D eigenvalue weighted by Crippen LogP contribution is 2.26. The lowest BCUT2D eigenvalue weighted by atomic mass is 9.86. The zero-order valence-corrected chi connectivity index (χ0v) is 20.9. The molecule has 2 aromatic carbocycles. The van der Waals surface area contributed by atoms with Crippen LogP contribution in [0.1, 0.15) is 48.8 Å². The second-order valence-corrected chi connectivity index (χ2v) is 9.89. The molecule has 0 saturated heterocycles. The van der Waals surface area contributed by atoms with Gasteiger partial charge in [0, 0.05) is 35.5 Å². The average Bonchev–Trinajstić information content (AvgIpc) is 3.31. The molecule has 0 fully saturated rings. The molecule has 0 amide bonds. The first kappa shape index (κ1) is 24.1. The molecule has 8 nitrogen and oxygen atoms in total. The summed E-state index contributed by atoms with van der Waals surface area (Å²) in [6, 6.07) is 18.9. The normalized spacial score (nSPS) is 11.5. The Bertz CT molecular complexity index is 1710. The Morgan fingerprint density at radius 2 is 1.86 bits per heavy atom. The maximum atomic E-state index is 13.5. The summed E-state index contributed by atoms with van der Waals surface area (Å²) in [6.45, 7) is 6.02. The minimum absolute atomic E-state index is 0.0527. The third kappa shape index (κ3) is 4.53. The summed E-state index contributed by atoms with van der Waals surface area (Å²) in [6.07, 6.45) is 5.39. The Kier molecular flexibility index (Phi) is 6.15. The van der Waals surface area contributed by atoms with Crippen molar-refractivity contribution in [1.82, 2.24) is 24.5 Å². The molecule has 3 aromatic heterocycles. The van der Waals surface area contributed by atoms with Gasteiger partial charge in [-0.3, -0.25) is 9.78 Å². The first-order valence-corrected chi connectivity index (χ1v) is 11.9. The van der Waals surface area contributed by atoms with E-state index in [9.17, 15) is 15.2 Å². The third-order valence-electron chi connectivity index (χ3n) is 6.40. The van der Waals surface area contributed by atoms with Crippen molar-refractivity contribution in [3.8, 4) is 17.4 Å². The molecule has 0 aliphatic heterocycles. The van der Waals surface area contributed by atoms with E-state index in [-0.39, 0.29) is 17.6 Å². The molecule has 0 aliphatic rings. The van der Waals surface area contributed by atoms with Crippen molar-refractivity contribution < 1.29 is 5.11 Å². The van der Waals surface area contributed by atoms with Crippen molar-refractivity contribution in [2.75, 3.05) is 0 Å². The Labute approximate surface area is 214 Å². The van der Waals surface area contributed by atoms with Crippen LogP contribution in [0.4, 0.5) is 0 Å². The molecule has 5 rings (SSSR count). The lowest BCUT2D eigenvalue weighted by Gasteiger charge is -2.19. The van der Waals surface area contributed by atoms with E-state index in [1.54, 1.807) is 41.5 Å². The van der Waals surface area contributed by atoms with Gasteiger partial charge in [-0.05, 0) is 47.4 Å². The van der Waals surface area contributed by atoms with Crippen molar-refractivity contribution in [2.24, 2.45) is 0 Å². The number of nitriles is 1. The van der Waals surface area contributed by atoms with Crippen LogP contribution in [0.3, 0.4) is 0 Å². The van der Waals surface area contributed by atoms with Crippen LogP contribution < -0.4 is 5.56 Å². The van der Waals surface area contributed by atoms with Gasteiger partial charge in [-0.1, -0.05) is 39.0 Å². The van der Waals surface area contributed by atoms with Gasteiger partial charge in [0.15, 0.2) is 0 Å². The molecule has 0 spiro atoms. The molecule has 37 heavy (non-hydrogen) atoms. The number of hydrogen-bond donors (Lipinski definition) is 1. The molecule has 1 N–H and O–H groups in total. The van der Waals surface area contributed by atoms with Gasteiger partial charge in [-0.15, -0.1) is 0 Å². The number of aliphatic hydroxyl groups excluding tert-OH is 1. The van der Waals surface area contributed by atoms with Gasteiger partial charge >= 0.3 is 0 Å². The first-order valence-electron chi connectivity index (χ1n) is 11.9. The summed E-state index contributed by atoms with van der Waals surface area (Å²) >= 11 is 0. The van der Waals surface area contributed by atoms with Crippen LogP contribution in [0.2, 0.25) is 0 Å². The molecule has 0 bridgehead atoms. The van der Waals surface area contributed by atoms with Crippen molar-refractivity contribution in [1.29, 1.82) is 5.26 Å². The van der Waals surface area contributed by atoms with Crippen LogP contribution in [0, 0.1) is 11.3 Å². The van der Waals surface area contributed by atoms with Gasteiger partial charge in [0.2, 0.25) is 0 Å². The molecule has 184 valence electrons. The summed E-state index contributed by atoms with van der Waals surface area (Å²) in [5.41, 5.74) is 4.04. The molecule has 8 heteroatoms. The minimum Gasteiger partial charge on any atom is -0.392 e. The fourth-order valence-electron chi connectivity index (χ4n) is 4.36. The number of aromatic nitrogens is 5. The predicted octanol–water partition coefficient (Wildman–Crippen LogP) is 4.22. The summed E-state index contributed by atoms with van der Waals surface area (Å²) in [5.74, 6) is 0. The highest BCUT2D eigenvalue weighted by atomic mass is 16.3. The SMILES string of the molecule is CC(C)(C)c1ccc2c(=O)n(-c3cccc(-n4cc(C#N)c(Cc5ccccn5)n4)c3CO)ncc2c1. The Balaban J connectivity index is 1.61. The number of nitrogens with zero attached hydrogens (tertiary/aromatic N) is 6. The molecule has 0 unspecified atom stereocenters. The van der Waals surface area contributed by atoms with Crippen molar-refractivity contribution >= 4 is 10.8 Å². The molecule has 0 atom stereocenters. The second-order valence-electron chi connectivity index (χ2n) is 9.89. The van der Waals surface area contributed by atoms with Crippen molar-refractivity contribution in [3.05, 3.63) is 112 Å². The van der Waals surface area contributed by atoms with E-state index in [4.69, 9.17) is 0 Å². The second kappa shape index (κ2) is 9.45. The van der Waals surface area contributed by atoms with Crippen LogP contribution in [0.15, 0.2) is 78.0 Å². The maximum absolute atomic E-state index is 13.5. The fourth-order valence-corrected chi connectivity index (χ4v) is 4.36. The standard InChI is InChI=1S/C29H26N6O2/c1-29(2,3)21-10-11-23-19(13-21)16-32-35(28(23)37)27-9-6-8-26(24(27)18-36)34-17-20(15-30)25(33-34)14-22-7-4-5-12-31-22/h4-13,16-17,36H,14,18H2,1-3H3. The molecular formula is C29H26N6O2. The maximum Gasteiger partial charge on any atom is 0.279 e. The predicted molar refractivity (Wildman–Crippen MR) is 141 cm³/mol. The monoisotopic (exact) mass is 490 g/mol. The zero-order valence-electron chi connectivity index (χ0n) is 20.9. The van der Waals surface area contributed by atoms with Crippen LogP contribution >= 0.6 is 0 Å². The largest absolute Gasteiger partial charge is 0.392 e. The number of pyridine rings is 1. The van der Waals surface area contributed by atoms with E-state index in [1.807, 2.05) is 36.4 Å². The molecule has 3 heterocycles. The lowest BCUT2D eigenvalue weighted by Crippen LogP contribution is -2.23. The minimum atomic E-state index is -0.349. The van der Waals surface area contributed by atoms with Gasteiger partial charge in [-0.25, -0.2) is 4.68 Å². The number of hydrogen-bond acceptors (Lipinski definition) is 6. The first-order chi connectivity index (χ1) is 17.8. The van der Waals surface area contributed by atoms with E-state index in [2.05, 4.69) is 42.0 Å². The topological polar surface area (TPSA) is 110 Å². The van der Waals surface area contributed by atoms with E-state index in [1.165, 1.54) is 4.68 Å². The molecule has 0 aliphatic carbocycles. The molecular weight excluding hydrogens is 464 g/mol. The van der Waals surface area contributed by atoms with Crippen LogP contribution in [0.25, 0.3) is 22.1 Å². The van der Waals surface area contributed by atoms with Crippen molar-refractivity contribution in [2.45, 2.75) is 39.2 Å².